The van der Waals surface area contributed by atoms with Crippen LogP contribution in [0.5, 0.6) is 0 Å². The maximum atomic E-state index is 2.51. The largest absolute Gasteiger partial charge is 0.345 e. The van der Waals surface area contributed by atoms with Crippen LogP contribution in [0.3, 0.4) is 0 Å². The van der Waals surface area contributed by atoms with Crippen LogP contribution in [-0.2, 0) is 7.05 Å². The Morgan fingerprint density at radius 2 is 0.636 bits per heavy atom. The van der Waals surface area contributed by atoms with Gasteiger partial charge in [0.05, 0.1) is 33.3 Å². The van der Waals surface area contributed by atoms with E-state index in [-0.39, 0.29) is 0 Å². The minimum atomic E-state index is 1.08. The summed E-state index contributed by atoms with van der Waals surface area (Å²) < 4.78 is 7.26. The van der Waals surface area contributed by atoms with E-state index in [0.717, 1.165) is 90.0 Å². The Hall–Kier alpha value is -12.9. The molecule has 0 N–H and O–H groups in total. The zero-order valence-corrected chi connectivity index (χ0v) is 55.2. The van der Waals surface area contributed by atoms with E-state index in [1.807, 2.05) is 0 Å². The van der Waals surface area contributed by atoms with E-state index in [4.69, 9.17) is 0 Å². The molecule has 0 saturated carbocycles. The van der Waals surface area contributed by atoms with Gasteiger partial charge in [-0.25, -0.2) is 0 Å². The molecule has 15 aromatic carbocycles. The second-order valence-electron chi connectivity index (χ2n) is 25.8. The van der Waals surface area contributed by atoms with Crippen LogP contribution in [0.1, 0.15) is 0 Å². The van der Waals surface area contributed by atoms with Gasteiger partial charge in [-0.3, -0.25) is 0 Å². The molecule has 0 radical (unpaired) electrons. The number of hydrogen-bond donors (Lipinski definition) is 0. The number of fused-ring (bicyclic) bond motifs is 9. The molecule has 0 saturated heterocycles. The standard InChI is InChI=1S/C93H68N6/c1-94(70-24-8-4-9-25-70)72-56-49-67(50-57-72)80-60-59-78(65-47-54-73(55-48-65)95(2)71-52-45-64(46-53-71)63-41-43-66(44-42-63)79-35-21-36-83-82-34-17-19-39-87(82)98(91(79)83)75-28-12-6-13-29-75)90-85-58-51-69(62-89(85)99(93(80)90)76-30-14-7-15-31-76)68-23-20-32-77(61-68)97(74-26-10-5-11-27-74)88-40-22-37-84-81-33-16-18-38-86(81)96(3)92(84)88/h4-62H,1-3H3. The summed E-state index contributed by atoms with van der Waals surface area (Å²) in [5, 5.41) is 7.37. The van der Waals surface area contributed by atoms with E-state index in [1.54, 1.807) is 0 Å². The van der Waals surface area contributed by atoms with Gasteiger partial charge in [0.25, 0.3) is 0 Å². The highest BCUT2D eigenvalue weighted by atomic mass is 15.2. The lowest BCUT2D eigenvalue weighted by atomic mass is 9.93. The van der Waals surface area contributed by atoms with Gasteiger partial charge in [0.15, 0.2) is 0 Å². The Labute approximate surface area is 576 Å². The first-order chi connectivity index (χ1) is 48.9. The highest BCUT2D eigenvalue weighted by molar-refractivity contribution is 6.21. The molecule has 0 atom stereocenters. The zero-order valence-electron chi connectivity index (χ0n) is 55.2. The molecule has 6 heteroatoms. The van der Waals surface area contributed by atoms with E-state index < -0.39 is 0 Å². The summed E-state index contributed by atoms with van der Waals surface area (Å²) in [5.41, 5.74) is 28.7. The Bertz CT molecular complexity index is 6030. The molecule has 6 nitrogen and oxygen atoms in total. The SMILES string of the molecule is CN(c1ccc(-c2ccc(-c3cccc4c5ccccc5n(-c5ccccc5)c34)cc2)cc1)c1ccc(-c2ccc(-c3ccc(N(C)c4ccccc4)cc3)c3c2c2ccc(-c4cccc(N(c5ccccc5)c5cccc6c7ccccc7n(C)c56)c4)cc2n3-c2ccccc2)cc1. The fourth-order valence-corrected chi connectivity index (χ4v) is 15.4. The number of aromatic nitrogens is 3. The lowest BCUT2D eigenvalue weighted by Gasteiger charge is -2.27. The van der Waals surface area contributed by atoms with Crippen molar-refractivity contribution in [2.45, 2.75) is 0 Å². The molecule has 0 aliphatic carbocycles. The van der Waals surface area contributed by atoms with Gasteiger partial charge in [-0.1, -0.05) is 237 Å². The van der Waals surface area contributed by atoms with Crippen molar-refractivity contribution in [3.63, 3.8) is 0 Å². The van der Waals surface area contributed by atoms with Crippen molar-refractivity contribution in [1.82, 2.24) is 13.7 Å². The van der Waals surface area contributed by atoms with Gasteiger partial charge >= 0.3 is 0 Å². The quantitative estimate of drug-likeness (QED) is 0.108. The zero-order chi connectivity index (χ0) is 66.1. The van der Waals surface area contributed by atoms with Crippen molar-refractivity contribution < 1.29 is 0 Å². The number of aryl methyl sites for hydroxylation is 1. The molecular weight excluding hydrogens is 1200 g/mol. The lowest BCUT2D eigenvalue weighted by Crippen LogP contribution is -2.11. The van der Waals surface area contributed by atoms with Gasteiger partial charge < -0.3 is 28.4 Å². The van der Waals surface area contributed by atoms with Crippen molar-refractivity contribution in [3.05, 3.63) is 358 Å². The highest BCUT2D eigenvalue weighted by Gasteiger charge is 2.25. The molecule has 0 unspecified atom stereocenters. The molecule has 0 aliphatic heterocycles. The van der Waals surface area contributed by atoms with Crippen molar-refractivity contribution in [2.75, 3.05) is 28.8 Å². The maximum Gasteiger partial charge on any atom is 0.0733 e. The van der Waals surface area contributed by atoms with Crippen molar-refractivity contribution >= 4 is 105 Å². The maximum absolute atomic E-state index is 2.51. The molecular formula is C93H68N6. The normalized spacial score (nSPS) is 11.6. The predicted octanol–water partition coefficient (Wildman–Crippen LogP) is 24.9. The molecule has 18 aromatic rings. The molecule has 0 aliphatic rings. The molecule has 0 bridgehead atoms. The van der Waals surface area contributed by atoms with E-state index in [2.05, 4.69) is 407 Å². The molecule has 0 amide bonds. The van der Waals surface area contributed by atoms with Crippen LogP contribution >= 0.6 is 0 Å². The Morgan fingerprint density at radius 1 is 0.232 bits per heavy atom. The monoisotopic (exact) mass is 1270 g/mol. The van der Waals surface area contributed by atoms with Crippen LogP contribution in [0.25, 0.3) is 132 Å². The van der Waals surface area contributed by atoms with Gasteiger partial charge in [0.2, 0.25) is 0 Å². The fraction of sp³-hybridized carbons (Fsp3) is 0.0323. The van der Waals surface area contributed by atoms with Gasteiger partial charge in [0.1, 0.15) is 0 Å². The van der Waals surface area contributed by atoms with Crippen LogP contribution in [0.4, 0.5) is 39.8 Å². The van der Waals surface area contributed by atoms with Crippen molar-refractivity contribution in [1.29, 1.82) is 0 Å². The van der Waals surface area contributed by atoms with Crippen molar-refractivity contribution in [2.24, 2.45) is 7.05 Å². The average Bonchev–Trinajstić information content (AvgIpc) is 1.54. The average molecular weight is 1270 g/mol. The third-order valence-corrected chi connectivity index (χ3v) is 20.3. The van der Waals surface area contributed by atoms with Crippen LogP contribution in [0, 0.1) is 0 Å². The summed E-state index contributed by atoms with van der Waals surface area (Å²) in [6.45, 7) is 0. The van der Waals surface area contributed by atoms with Crippen LogP contribution in [0.2, 0.25) is 0 Å². The van der Waals surface area contributed by atoms with E-state index in [9.17, 15) is 0 Å². The van der Waals surface area contributed by atoms with Gasteiger partial charge in [-0.15, -0.1) is 0 Å². The number of rotatable bonds is 14. The van der Waals surface area contributed by atoms with E-state index in [1.165, 1.54) is 82.2 Å². The van der Waals surface area contributed by atoms with Crippen LogP contribution in [0.15, 0.2) is 358 Å². The molecule has 470 valence electrons. The van der Waals surface area contributed by atoms with Crippen LogP contribution in [-0.4, -0.2) is 27.8 Å². The molecule has 18 rings (SSSR count). The molecule has 0 fully saturated rings. The predicted molar refractivity (Wildman–Crippen MR) is 420 cm³/mol. The highest BCUT2D eigenvalue weighted by Crippen LogP contribution is 2.48. The van der Waals surface area contributed by atoms with E-state index in [0.29, 0.717) is 0 Å². The first-order valence-electron chi connectivity index (χ1n) is 34.0. The summed E-state index contributed by atoms with van der Waals surface area (Å²) in [6.07, 6.45) is 0. The second kappa shape index (κ2) is 24.4. The lowest BCUT2D eigenvalue weighted by molar-refractivity contribution is 1.01. The summed E-state index contributed by atoms with van der Waals surface area (Å²) in [6, 6.07) is 131. The number of anilines is 7. The topological polar surface area (TPSA) is 24.5 Å². The van der Waals surface area contributed by atoms with E-state index >= 15 is 0 Å². The summed E-state index contributed by atoms with van der Waals surface area (Å²) in [5.74, 6) is 0. The molecule has 3 aromatic heterocycles. The first kappa shape index (κ1) is 58.7. The second-order valence-corrected chi connectivity index (χ2v) is 25.8. The fourth-order valence-electron chi connectivity index (χ4n) is 15.4. The van der Waals surface area contributed by atoms with Gasteiger partial charge in [0, 0.05) is 116 Å². The van der Waals surface area contributed by atoms with Crippen molar-refractivity contribution in [3.8, 4) is 67.0 Å². The first-order valence-corrected chi connectivity index (χ1v) is 34.0. The number of hydrogen-bond acceptors (Lipinski definition) is 3. The number of benzene rings is 15. The summed E-state index contributed by atoms with van der Waals surface area (Å²) in [4.78, 5) is 6.94. The summed E-state index contributed by atoms with van der Waals surface area (Å²) in [7, 11) is 6.49. The molecule has 3 heterocycles. The smallest absolute Gasteiger partial charge is 0.0733 e. The Morgan fingerprint density at radius 3 is 1.25 bits per heavy atom. The Kier molecular flexibility index (Phi) is 14.5. The minimum Gasteiger partial charge on any atom is -0.345 e. The molecule has 0 spiro atoms. The minimum absolute atomic E-state index is 1.08. The third-order valence-electron chi connectivity index (χ3n) is 20.3. The van der Waals surface area contributed by atoms with Gasteiger partial charge in [-0.2, -0.15) is 0 Å². The number of para-hydroxylation sites is 8. The Balaban J connectivity index is 0.714. The van der Waals surface area contributed by atoms with Crippen LogP contribution < -0.4 is 14.7 Å². The third kappa shape index (κ3) is 10.1. The van der Waals surface area contributed by atoms with Gasteiger partial charge in [-0.05, 0) is 166 Å². The number of nitrogens with zero attached hydrogens (tertiary/aromatic N) is 6. The molecule has 99 heavy (non-hydrogen) atoms. The summed E-state index contributed by atoms with van der Waals surface area (Å²) >= 11 is 0.